The third-order valence-corrected chi connectivity index (χ3v) is 4.25. The van der Waals surface area contributed by atoms with Crippen molar-refractivity contribution in [3.8, 4) is 11.1 Å². The first kappa shape index (κ1) is 15.5. The smallest absolute Gasteiger partial charge is 0.250 e. The molecule has 0 unspecified atom stereocenters. The van der Waals surface area contributed by atoms with Crippen molar-refractivity contribution in [2.24, 2.45) is 0 Å². The molecule has 0 saturated heterocycles. The summed E-state index contributed by atoms with van der Waals surface area (Å²) in [5.74, 6) is 0.235. The van der Waals surface area contributed by atoms with Gasteiger partial charge >= 0.3 is 0 Å². The van der Waals surface area contributed by atoms with Crippen molar-refractivity contribution in [1.29, 1.82) is 0 Å². The first-order chi connectivity index (χ1) is 11.1. The minimum atomic E-state index is -0.449. The Morgan fingerprint density at radius 2 is 1.61 bits per heavy atom. The van der Waals surface area contributed by atoms with Crippen LogP contribution in [-0.2, 0) is 0 Å². The minimum absolute atomic E-state index is 0.235. The molecule has 1 atom stereocenters. The highest BCUT2D eigenvalue weighted by molar-refractivity contribution is 6.30. The molecule has 0 spiro atoms. The van der Waals surface area contributed by atoms with Gasteiger partial charge in [0.2, 0.25) is 10.9 Å². The topological polar surface area (TPSA) is 46.2 Å². The molecule has 1 N–H and O–H groups in total. The van der Waals surface area contributed by atoms with Gasteiger partial charge in [-0.05, 0) is 29.2 Å². The normalized spacial score (nSPS) is 12.3. The van der Waals surface area contributed by atoms with Gasteiger partial charge in [-0.3, -0.25) is 9.59 Å². The number of nitrogens with one attached hydrogen (secondary N) is 1. The summed E-state index contributed by atoms with van der Waals surface area (Å²) in [5.41, 5.74) is 1.87. The van der Waals surface area contributed by atoms with E-state index < -0.39 is 10.9 Å². The highest BCUT2D eigenvalue weighted by atomic mass is 35.5. The molecule has 0 aromatic heterocycles. The Kier molecular flexibility index (Phi) is 4.30. The molecule has 3 aromatic carbocycles. The molecular formula is C19H16ClNO2. The van der Waals surface area contributed by atoms with Crippen LogP contribution in [0.15, 0.2) is 64.2 Å². The van der Waals surface area contributed by atoms with Gasteiger partial charge in [0.1, 0.15) is 0 Å². The van der Waals surface area contributed by atoms with Gasteiger partial charge in [0, 0.05) is 11.6 Å². The Labute approximate surface area is 139 Å². The molecule has 23 heavy (non-hydrogen) atoms. The zero-order valence-corrected chi connectivity index (χ0v) is 13.4. The molecule has 0 aliphatic rings. The quantitative estimate of drug-likeness (QED) is 0.725. The predicted molar refractivity (Wildman–Crippen MR) is 95.1 cm³/mol. The lowest BCUT2D eigenvalue weighted by molar-refractivity contribution is 0.803. The summed E-state index contributed by atoms with van der Waals surface area (Å²) >= 11 is 5.87. The SMILES string of the molecule is C[C@@H](CNc1c(-c2ccc(Cl)cc2)c(=O)c1=O)c1ccccc1. The molecular weight excluding hydrogens is 310 g/mol. The van der Waals surface area contributed by atoms with Crippen LogP contribution in [0, 0.1) is 0 Å². The van der Waals surface area contributed by atoms with Gasteiger partial charge in [-0.2, -0.15) is 0 Å². The van der Waals surface area contributed by atoms with Gasteiger partial charge in [-0.15, -0.1) is 0 Å². The fraction of sp³-hybridized carbons (Fsp3) is 0.158. The van der Waals surface area contributed by atoms with Crippen LogP contribution in [0.25, 0.3) is 11.1 Å². The van der Waals surface area contributed by atoms with Crippen LogP contribution in [-0.4, -0.2) is 6.54 Å². The van der Waals surface area contributed by atoms with E-state index in [9.17, 15) is 9.59 Å². The zero-order valence-electron chi connectivity index (χ0n) is 12.7. The zero-order chi connectivity index (χ0) is 16.4. The maximum absolute atomic E-state index is 11.9. The summed E-state index contributed by atoms with van der Waals surface area (Å²) in [4.78, 5) is 23.8. The molecule has 4 heteroatoms. The van der Waals surface area contributed by atoms with Crippen LogP contribution < -0.4 is 16.2 Å². The highest BCUT2D eigenvalue weighted by Crippen LogP contribution is 2.26. The lowest BCUT2D eigenvalue weighted by atomic mass is 9.97. The van der Waals surface area contributed by atoms with E-state index in [1.54, 1.807) is 24.3 Å². The van der Waals surface area contributed by atoms with E-state index in [0.29, 0.717) is 28.4 Å². The summed E-state index contributed by atoms with van der Waals surface area (Å²) in [6, 6.07) is 17.0. The van der Waals surface area contributed by atoms with Crippen LogP contribution in [0.3, 0.4) is 0 Å². The van der Waals surface area contributed by atoms with Crippen molar-refractivity contribution < 1.29 is 0 Å². The number of anilines is 1. The average molecular weight is 326 g/mol. The predicted octanol–water partition coefficient (Wildman–Crippen LogP) is 3.82. The van der Waals surface area contributed by atoms with E-state index >= 15 is 0 Å². The van der Waals surface area contributed by atoms with E-state index in [1.165, 1.54) is 5.56 Å². The van der Waals surface area contributed by atoms with E-state index in [-0.39, 0.29) is 5.92 Å². The number of hydrogen-bond donors (Lipinski definition) is 1. The number of hydrogen-bond acceptors (Lipinski definition) is 3. The minimum Gasteiger partial charge on any atom is -0.381 e. The summed E-state index contributed by atoms with van der Waals surface area (Å²) in [6.45, 7) is 2.67. The molecule has 0 heterocycles. The van der Waals surface area contributed by atoms with E-state index in [2.05, 4.69) is 24.4 Å². The Morgan fingerprint density at radius 3 is 2.26 bits per heavy atom. The van der Waals surface area contributed by atoms with E-state index in [1.807, 2.05) is 18.2 Å². The van der Waals surface area contributed by atoms with Crippen LogP contribution in [0.4, 0.5) is 5.69 Å². The molecule has 3 nitrogen and oxygen atoms in total. The third-order valence-electron chi connectivity index (χ3n) is 4.00. The second kappa shape index (κ2) is 6.39. The van der Waals surface area contributed by atoms with Crippen molar-refractivity contribution in [2.45, 2.75) is 12.8 Å². The Hall–Kier alpha value is -2.39. The van der Waals surface area contributed by atoms with Crippen LogP contribution >= 0.6 is 11.6 Å². The van der Waals surface area contributed by atoms with Gasteiger partial charge in [-0.25, -0.2) is 0 Å². The van der Waals surface area contributed by atoms with Crippen molar-refractivity contribution in [2.75, 3.05) is 11.9 Å². The second-order valence-electron chi connectivity index (χ2n) is 5.61. The molecule has 0 amide bonds. The summed E-state index contributed by atoms with van der Waals surface area (Å²) in [7, 11) is 0. The van der Waals surface area contributed by atoms with E-state index in [4.69, 9.17) is 11.6 Å². The van der Waals surface area contributed by atoms with Crippen LogP contribution in [0.5, 0.6) is 0 Å². The molecule has 0 aliphatic heterocycles. The molecule has 3 aromatic rings. The maximum Gasteiger partial charge on any atom is 0.250 e. The summed E-state index contributed by atoms with van der Waals surface area (Å²) in [5, 5.41) is 3.73. The molecule has 116 valence electrons. The molecule has 0 aliphatic carbocycles. The monoisotopic (exact) mass is 325 g/mol. The van der Waals surface area contributed by atoms with E-state index in [0.717, 1.165) is 0 Å². The Bertz CT molecular complexity index is 878. The lowest BCUT2D eigenvalue weighted by Gasteiger charge is -2.17. The van der Waals surface area contributed by atoms with Crippen molar-refractivity contribution in [3.63, 3.8) is 0 Å². The van der Waals surface area contributed by atoms with Crippen LogP contribution in [0.2, 0.25) is 5.02 Å². The largest absolute Gasteiger partial charge is 0.381 e. The van der Waals surface area contributed by atoms with Crippen molar-refractivity contribution in [3.05, 3.63) is 85.6 Å². The van der Waals surface area contributed by atoms with Gasteiger partial charge in [0.15, 0.2) is 0 Å². The first-order valence-corrected chi connectivity index (χ1v) is 7.84. The standard InChI is InChI=1S/C19H16ClNO2/c1-12(13-5-3-2-4-6-13)11-21-17-16(18(22)19(17)23)14-7-9-15(20)10-8-14/h2-10,12,21H,11H2,1H3/t12-/m0/s1. The van der Waals surface area contributed by atoms with Crippen molar-refractivity contribution in [1.82, 2.24) is 0 Å². The number of halogens is 1. The average Bonchev–Trinajstić information content (AvgIpc) is 2.59. The number of rotatable bonds is 5. The third kappa shape index (κ3) is 3.06. The fourth-order valence-corrected chi connectivity index (χ4v) is 2.73. The molecule has 0 bridgehead atoms. The number of benzene rings is 2. The second-order valence-corrected chi connectivity index (χ2v) is 6.04. The molecule has 0 fully saturated rings. The van der Waals surface area contributed by atoms with Gasteiger partial charge < -0.3 is 5.32 Å². The molecule has 0 radical (unpaired) electrons. The Balaban J connectivity index is 1.79. The van der Waals surface area contributed by atoms with Gasteiger partial charge in [-0.1, -0.05) is 61.0 Å². The highest BCUT2D eigenvalue weighted by Gasteiger charge is 2.22. The Morgan fingerprint density at radius 1 is 0.957 bits per heavy atom. The molecule has 3 rings (SSSR count). The fourth-order valence-electron chi connectivity index (χ4n) is 2.61. The summed E-state index contributed by atoms with van der Waals surface area (Å²) < 4.78 is 0. The van der Waals surface area contributed by atoms with Crippen molar-refractivity contribution >= 4 is 17.3 Å². The molecule has 0 saturated carbocycles. The maximum atomic E-state index is 11.9. The van der Waals surface area contributed by atoms with Gasteiger partial charge in [0.05, 0.1) is 11.3 Å². The van der Waals surface area contributed by atoms with Gasteiger partial charge in [0.25, 0.3) is 0 Å². The summed E-state index contributed by atoms with van der Waals surface area (Å²) in [6.07, 6.45) is 0. The van der Waals surface area contributed by atoms with Crippen LogP contribution in [0.1, 0.15) is 18.4 Å². The lowest BCUT2D eigenvalue weighted by Crippen LogP contribution is -2.36. The first-order valence-electron chi connectivity index (χ1n) is 7.46.